The van der Waals surface area contributed by atoms with Crippen LogP contribution in [0.3, 0.4) is 0 Å². The van der Waals surface area contributed by atoms with Crippen molar-refractivity contribution < 1.29 is 14.2 Å². The third-order valence-corrected chi connectivity index (χ3v) is 5.21. The van der Waals surface area contributed by atoms with Crippen molar-refractivity contribution in [2.24, 2.45) is 12.8 Å². The highest BCUT2D eigenvalue weighted by molar-refractivity contribution is 5.88. The number of benzene rings is 2. The predicted molar refractivity (Wildman–Crippen MR) is 108 cm³/mol. The Labute approximate surface area is 167 Å². The molecule has 1 unspecified atom stereocenters. The van der Waals surface area contributed by atoms with Gasteiger partial charge in [0.15, 0.2) is 0 Å². The minimum Gasteiger partial charge on any atom is -0.497 e. The molecular weight excluding hydrogens is 370 g/mol. The van der Waals surface area contributed by atoms with Crippen LogP contribution in [0, 0.1) is 11.3 Å². The molecule has 0 bridgehead atoms. The maximum atomic E-state index is 13.4. The van der Waals surface area contributed by atoms with E-state index in [-0.39, 0.29) is 17.0 Å². The molecule has 146 valence electrons. The molecule has 0 radical (unpaired) electrons. The predicted octanol–water partition coefficient (Wildman–Crippen LogP) is 2.77. The van der Waals surface area contributed by atoms with Crippen LogP contribution in [0.5, 0.6) is 17.2 Å². The second-order valence-corrected chi connectivity index (χ2v) is 6.66. The van der Waals surface area contributed by atoms with Crippen LogP contribution < -0.4 is 25.5 Å². The molecule has 0 fully saturated rings. The summed E-state index contributed by atoms with van der Waals surface area (Å²) in [5.74, 6) is 0.655. The fourth-order valence-corrected chi connectivity index (χ4v) is 3.80. The molecular formula is C22H19N3O4. The van der Waals surface area contributed by atoms with Gasteiger partial charge in [0.05, 0.1) is 31.2 Å². The van der Waals surface area contributed by atoms with Crippen LogP contribution >= 0.6 is 0 Å². The Morgan fingerprint density at radius 2 is 1.93 bits per heavy atom. The largest absolute Gasteiger partial charge is 0.497 e. The molecule has 1 aromatic heterocycles. The molecule has 7 heteroatoms. The van der Waals surface area contributed by atoms with Gasteiger partial charge in [0.25, 0.3) is 5.56 Å². The van der Waals surface area contributed by atoms with Crippen molar-refractivity contribution in [3.05, 3.63) is 75.4 Å². The average molecular weight is 389 g/mol. The zero-order valence-electron chi connectivity index (χ0n) is 16.2. The fraction of sp³-hybridized carbons (Fsp3) is 0.182. The first-order valence-corrected chi connectivity index (χ1v) is 8.93. The Kier molecular flexibility index (Phi) is 4.40. The number of allylic oxidation sites excluding steroid dienone is 1. The second-order valence-electron chi connectivity index (χ2n) is 6.66. The average Bonchev–Trinajstić information content (AvgIpc) is 2.76. The molecule has 3 aromatic rings. The Morgan fingerprint density at radius 1 is 1.17 bits per heavy atom. The van der Waals surface area contributed by atoms with Crippen molar-refractivity contribution in [3.63, 3.8) is 0 Å². The van der Waals surface area contributed by atoms with Crippen molar-refractivity contribution in [1.29, 1.82) is 5.26 Å². The summed E-state index contributed by atoms with van der Waals surface area (Å²) < 4.78 is 18.2. The third kappa shape index (κ3) is 2.69. The van der Waals surface area contributed by atoms with Crippen molar-refractivity contribution in [3.8, 4) is 23.3 Å². The Morgan fingerprint density at radius 3 is 2.62 bits per heavy atom. The second kappa shape index (κ2) is 6.91. The van der Waals surface area contributed by atoms with Gasteiger partial charge in [0.2, 0.25) is 5.88 Å². The molecule has 1 atom stereocenters. The molecule has 29 heavy (non-hydrogen) atoms. The lowest BCUT2D eigenvalue weighted by atomic mass is 9.82. The molecule has 1 aliphatic heterocycles. The summed E-state index contributed by atoms with van der Waals surface area (Å²) in [5.41, 5.74) is 7.65. The number of hydrogen-bond donors (Lipinski definition) is 1. The van der Waals surface area contributed by atoms with E-state index in [4.69, 9.17) is 19.9 Å². The van der Waals surface area contributed by atoms with Crippen molar-refractivity contribution >= 4 is 10.9 Å². The van der Waals surface area contributed by atoms with Crippen LogP contribution in [0.2, 0.25) is 0 Å². The highest BCUT2D eigenvalue weighted by Crippen LogP contribution is 2.46. The van der Waals surface area contributed by atoms with E-state index >= 15 is 0 Å². The normalized spacial score (nSPS) is 15.4. The van der Waals surface area contributed by atoms with Crippen LogP contribution in [-0.2, 0) is 7.05 Å². The zero-order chi connectivity index (χ0) is 20.7. The first kappa shape index (κ1) is 18.4. The number of aromatic nitrogens is 1. The van der Waals surface area contributed by atoms with Gasteiger partial charge in [-0.1, -0.05) is 12.1 Å². The number of ether oxygens (including phenoxy) is 3. The van der Waals surface area contributed by atoms with Crippen LogP contribution in [0.25, 0.3) is 10.9 Å². The van der Waals surface area contributed by atoms with E-state index in [2.05, 4.69) is 6.07 Å². The molecule has 0 amide bonds. The number of hydrogen-bond acceptors (Lipinski definition) is 6. The SMILES string of the molecule is COc1ccc(OC)c(C2C(C#N)=C(N)Oc3c2c(=O)n(C)c2ccccc32)c1. The molecule has 4 rings (SSSR count). The molecule has 0 spiro atoms. The number of pyridine rings is 1. The van der Waals surface area contributed by atoms with Crippen LogP contribution in [0.4, 0.5) is 0 Å². The lowest BCUT2D eigenvalue weighted by Crippen LogP contribution is -2.31. The van der Waals surface area contributed by atoms with Gasteiger partial charge in [-0.25, -0.2) is 0 Å². The van der Waals surface area contributed by atoms with Gasteiger partial charge in [-0.05, 0) is 30.3 Å². The maximum Gasteiger partial charge on any atom is 0.258 e. The molecule has 7 nitrogen and oxygen atoms in total. The highest BCUT2D eigenvalue weighted by atomic mass is 16.5. The molecule has 2 aromatic carbocycles. The Hall–Kier alpha value is -3.92. The van der Waals surface area contributed by atoms with Gasteiger partial charge >= 0.3 is 0 Å². The van der Waals surface area contributed by atoms with Gasteiger partial charge < -0.3 is 24.5 Å². The van der Waals surface area contributed by atoms with Crippen LogP contribution in [-0.4, -0.2) is 18.8 Å². The van der Waals surface area contributed by atoms with E-state index in [1.807, 2.05) is 24.3 Å². The summed E-state index contributed by atoms with van der Waals surface area (Å²) in [4.78, 5) is 13.4. The van der Waals surface area contributed by atoms with Gasteiger partial charge in [-0.15, -0.1) is 0 Å². The molecule has 2 heterocycles. The number of nitrogens with zero attached hydrogens (tertiary/aromatic N) is 2. The summed E-state index contributed by atoms with van der Waals surface area (Å²) >= 11 is 0. The van der Waals surface area contributed by atoms with Gasteiger partial charge in [0.1, 0.15) is 28.9 Å². The van der Waals surface area contributed by atoms with Crippen LogP contribution in [0.15, 0.2) is 58.7 Å². The summed E-state index contributed by atoms with van der Waals surface area (Å²) in [5, 5.41) is 10.6. The molecule has 0 saturated heterocycles. The molecule has 0 saturated carbocycles. The number of para-hydroxylation sites is 1. The van der Waals surface area contributed by atoms with E-state index in [0.29, 0.717) is 33.9 Å². The number of nitrogens with two attached hydrogens (primary N) is 1. The van der Waals surface area contributed by atoms with Crippen molar-refractivity contribution in [1.82, 2.24) is 4.57 Å². The molecule has 2 N–H and O–H groups in total. The lowest BCUT2D eigenvalue weighted by Gasteiger charge is -2.28. The minimum absolute atomic E-state index is 0.0340. The summed E-state index contributed by atoms with van der Waals surface area (Å²) in [6.45, 7) is 0. The van der Waals surface area contributed by atoms with E-state index in [1.165, 1.54) is 7.11 Å². The molecule has 1 aliphatic rings. The zero-order valence-corrected chi connectivity index (χ0v) is 16.2. The first-order chi connectivity index (χ1) is 14.0. The Balaban J connectivity index is 2.14. The van der Waals surface area contributed by atoms with E-state index in [9.17, 15) is 10.1 Å². The van der Waals surface area contributed by atoms with E-state index < -0.39 is 5.92 Å². The number of aryl methyl sites for hydroxylation is 1. The van der Waals surface area contributed by atoms with E-state index in [0.717, 1.165) is 5.39 Å². The maximum absolute atomic E-state index is 13.4. The highest BCUT2D eigenvalue weighted by Gasteiger charge is 2.37. The summed E-state index contributed by atoms with van der Waals surface area (Å²) in [6, 6.07) is 14.7. The van der Waals surface area contributed by atoms with Crippen molar-refractivity contribution in [2.45, 2.75) is 5.92 Å². The topological polar surface area (TPSA) is 99.5 Å². The minimum atomic E-state index is -0.753. The smallest absolute Gasteiger partial charge is 0.258 e. The monoisotopic (exact) mass is 389 g/mol. The quantitative estimate of drug-likeness (QED) is 0.739. The number of fused-ring (bicyclic) bond motifs is 3. The van der Waals surface area contributed by atoms with Gasteiger partial charge in [-0.3, -0.25) is 4.79 Å². The third-order valence-electron chi connectivity index (χ3n) is 5.21. The summed E-state index contributed by atoms with van der Waals surface area (Å²) in [6.07, 6.45) is 0. The van der Waals surface area contributed by atoms with Gasteiger partial charge in [0, 0.05) is 18.0 Å². The fourth-order valence-electron chi connectivity index (χ4n) is 3.80. The van der Waals surface area contributed by atoms with Crippen molar-refractivity contribution in [2.75, 3.05) is 14.2 Å². The molecule has 0 aliphatic carbocycles. The van der Waals surface area contributed by atoms with E-state index in [1.54, 1.807) is 36.9 Å². The Bertz CT molecular complexity index is 1270. The number of methoxy groups -OCH3 is 2. The summed E-state index contributed by atoms with van der Waals surface area (Å²) in [7, 11) is 4.77. The lowest BCUT2D eigenvalue weighted by molar-refractivity contribution is 0.384. The standard InChI is InChI=1S/C22H19N3O4/c1-25-16-7-5-4-6-13(16)20-19(22(25)26)18(15(11-23)21(24)29-20)14-10-12(27-2)8-9-17(14)28-3/h4-10,18H,24H2,1-3H3. The first-order valence-electron chi connectivity index (χ1n) is 8.93. The number of rotatable bonds is 3. The number of nitriles is 1. The van der Waals surface area contributed by atoms with Gasteiger partial charge in [-0.2, -0.15) is 5.26 Å². The van der Waals surface area contributed by atoms with Crippen LogP contribution in [0.1, 0.15) is 17.0 Å².